The minimum atomic E-state index is 0. The summed E-state index contributed by atoms with van der Waals surface area (Å²) in [6.45, 7) is 27.2. The van der Waals surface area contributed by atoms with Crippen molar-refractivity contribution in [1.29, 1.82) is 0 Å². The number of hydrogen-bond donors (Lipinski definition) is 2. The molecule has 0 unspecified atom stereocenters. The van der Waals surface area contributed by atoms with Gasteiger partial charge in [-0.2, -0.15) is 0 Å². The van der Waals surface area contributed by atoms with Crippen molar-refractivity contribution in [3.63, 3.8) is 0 Å². The van der Waals surface area contributed by atoms with Crippen LogP contribution in [0.2, 0.25) is 0 Å². The normalized spacial score (nSPS) is 13.7. The Labute approximate surface area is 410 Å². The van der Waals surface area contributed by atoms with Gasteiger partial charge in [0.05, 0.1) is 0 Å². The van der Waals surface area contributed by atoms with Gasteiger partial charge in [-0.1, -0.05) is 192 Å². The first-order valence-corrected chi connectivity index (χ1v) is 23.6. The van der Waals surface area contributed by atoms with Crippen LogP contribution in [0.15, 0.2) is 121 Å². The Morgan fingerprint density at radius 1 is 0.354 bits per heavy atom. The van der Waals surface area contributed by atoms with E-state index in [1.54, 1.807) is 0 Å². The Bertz CT molecular complexity index is 2340. The smallest absolute Gasteiger partial charge is 0.507 e. The molecule has 0 amide bonds. The molecule has 65 heavy (non-hydrogen) atoms. The summed E-state index contributed by atoms with van der Waals surface area (Å²) in [5.74, 6) is 3.81. The van der Waals surface area contributed by atoms with Crippen LogP contribution in [-0.4, -0.2) is 10.2 Å². The predicted molar refractivity (Wildman–Crippen MR) is 278 cm³/mol. The zero-order valence-electron chi connectivity index (χ0n) is 42.2. The molecule has 0 saturated heterocycles. The van der Waals surface area contributed by atoms with Crippen molar-refractivity contribution in [3.05, 3.63) is 170 Å². The first kappa shape index (κ1) is 53.3. The fourth-order valence-corrected chi connectivity index (χ4v) is 11.6. The summed E-state index contributed by atoms with van der Waals surface area (Å²) in [5, 5.41) is 22.1. The number of phenols is 2. The average molecular weight is 903 g/mol. The van der Waals surface area contributed by atoms with Gasteiger partial charge in [-0.15, -0.1) is 0 Å². The van der Waals surface area contributed by atoms with Crippen molar-refractivity contribution in [2.45, 2.75) is 131 Å². The predicted octanol–water partition coefficient (Wildman–Crippen LogP) is 18.0. The molecule has 342 valence electrons. The van der Waals surface area contributed by atoms with Gasteiger partial charge in [0.25, 0.3) is 0 Å². The molecule has 3 heteroatoms. The van der Waals surface area contributed by atoms with Crippen molar-refractivity contribution in [2.75, 3.05) is 0 Å². The van der Waals surface area contributed by atoms with Gasteiger partial charge in [0.2, 0.25) is 0 Å². The number of hydrogen-bond acceptors (Lipinski definition) is 2. The van der Waals surface area contributed by atoms with Crippen LogP contribution in [0.4, 0.5) is 0 Å². The van der Waals surface area contributed by atoms with E-state index < -0.39 is 0 Å². The molecule has 6 aromatic rings. The zero-order valence-corrected chi connectivity index (χ0v) is 43.8. The van der Waals surface area contributed by atoms with Crippen molar-refractivity contribution in [1.82, 2.24) is 0 Å². The number of benzene rings is 6. The van der Waals surface area contributed by atoms with E-state index in [-0.39, 0.29) is 47.4 Å². The summed E-state index contributed by atoms with van der Waals surface area (Å²) in [6.07, 6.45) is 4.54. The van der Waals surface area contributed by atoms with Crippen LogP contribution in [0.3, 0.4) is 0 Å². The molecule has 0 spiro atoms. The summed E-state index contributed by atoms with van der Waals surface area (Å²) in [4.78, 5) is 0. The van der Waals surface area contributed by atoms with Gasteiger partial charge in [-0.3, -0.25) is 0 Å². The van der Waals surface area contributed by atoms with E-state index in [1.807, 2.05) is 12.1 Å². The molecule has 8 rings (SSSR count). The van der Waals surface area contributed by atoms with E-state index in [9.17, 15) is 10.2 Å². The maximum Gasteiger partial charge on any atom is 2.00 e. The minimum Gasteiger partial charge on any atom is -0.507 e. The molecule has 2 nitrogen and oxygen atoms in total. The molecule has 0 radical (unpaired) electrons. The van der Waals surface area contributed by atoms with Gasteiger partial charge in [0, 0.05) is 22.0 Å². The van der Waals surface area contributed by atoms with Crippen LogP contribution in [0.1, 0.15) is 154 Å². The van der Waals surface area contributed by atoms with E-state index in [0.717, 1.165) is 59.1 Å². The Balaban J connectivity index is 0.000000272. The molecule has 0 bridgehead atoms. The Kier molecular flexibility index (Phi) is 17.6. The molecular formula is C62H78O2Ti. The quantitative estimate of drug-likeness (QED) is 0.0949. The zero-order chi connectivity index (χ0) is 44.7. The van der Waals surface area contributed by atoms with Crippen molar-refractivity contribution in [3.8, 4) is 56.0 Å². The molecule has 2 aliphatic rings. The van der Waals surface area contributed by atoms with Gasteiger partial charge in [0.15, 0.2) is 0 Å². The van der Waals surface area contributed by atoms with E-state index in [4.69, 9.17) is 0 Å². The fraction of sp³-hybridized carbons (Fsp3) is 0.387. The number of aromatic hydroxyl groups is 2. The van der Waals surface area contributed by atoms with Crippen LogP contribution in [0, 0.1) is 38.5 Å². The van der Waals surface area contributed by atoms with Crippen LogP contribution in [-0.2, 0) is 32.5 Å². The van der Waals surface area contributed by atoms with E-state index in [2.05, 4.69) is 192 Å². The number of fused-ring (bicyclic) bond motifs is 6. The van der Waals surface area contributed by atoms with Gasteiger partial charge in [-0.05, 0) is 140 Å². The minimum absolute atomic E-state index is 0. The molecule has 2 N–H and O–H groups in total. The number of para-hydroxylation sites is 2. The maximum atomic E-state index is 11.1. The van der Waals surface area contributed by atoms with Crippen LogP contribution in [0.5, 0.6) is 11.5 Å². The third-order valence-corrected chi connectivity index (χ3v) is 13.6. The Morgan fingerprint density at radius 2 is 0.646 bits per heavy atom. The summed E-state index contributed by atoms with van der Waals surface area (Å²) in [7, 11) is 0. The van der Waals surface area contributed by atoms with Crippen LogP contribution >= 0.6 is 0 Å². The van der Waals surface area contributed by atoms with Crippen LogP contribution < -0.4 is 0 Å². The molecule has 0 aliphatic heterocycles. The summed E-state index contributed by atoms with van der Waals surface area (Å²) in [6, 6.07) is 44.0. The molecule has 0 saturated carbocycles. The monoisotopic (exact) mass is 903 g/mol. The summed E-state index contributed by atoms with van der Waals surface area (Å²) < 4.78 is 0. The first-order chi connectivity index (χ1) is 29.5. The fourth-order valence-electron chi connectivity index (χ4n) is 11.6. The van der Waals surface area contributed by atoms with Crippen LogP contribution in [0.25, 0.3) is 44.5 Å². The Hall–Kier alpha value is -4.37. The molecule has 0 aromatic heterocycles. The second-order valence-electron chi connectivity index (χ2n) is 21.0. The summed E-state index contributed by atoms with van der Waals surface area (Å²) >= 11 is 0. The number of rotatable bonds is 12. The molecule has 2 aliphatic carbocycles. The Morgan fingerprint density at radius 3 is 0.954 bits per heavy atom. The summed E-state index contributed by atoms with van der Waals surface area (Å²) in [5.41, 5.74) is 17.5. The molecule has 0 fully saturated rings. The second kappa shape index (κ2) is 21.5. The van der Waals surface area contributed by atoms with Crippen molar-refractivity contribution < 1.29 is 31.9 Å². The van der Waals surface area contributed by atoms with E-state index >= 15 is 0 Å². The third kappa shape index (κ3) is 10.2. The maximum absolute atomic E-state index is 11.1. The standard InChI is InChI=1S/2C30H36O.2CH3.Ti/c2*1-19(2)17-30(18-20(3)4)27-13-8-7-10-25(27)26-15-14-22(16-28(26)30)24-12-9-11-23(21(5)6)29(24)31;;;/h2*7-16,19-21,31H,17-18H2,1-6H3;2*1H3;/q;;2*-1;+2. The first-order valence-electron chi connectivity index (χ1n) is 23.6. The SMILES string of the molecule is CC(C)CC1(CC(C)C)c2ccccc2-c2ccc(-c3cccc(C(C)C)c3O)cc21.CC(C)CC1(CC(C)C)c2ccccc2-c2ccc(-c3cccc(C(C)C)c3O)cc21.[CH3-].[CH3-].[Ti+2]. The van der Waals surface area contributed by atoms with E-state index in [0.29, 0.717) is 47.0 Å². The molecular weight excluding hydrogens is 825 g/mol. The van der Waals surface area contributed by atoms with Gasteiger partial charge in [0.1, 0.15) is 11.5 Å². The molecule has 6 aromatic carbocycles. The topological polar surface area (TPSA) is 40.5 Å². The van der Waals surface area contributed by atoms with E-state index in [1.165, 1.54) is 44.5 Å². The molecule has 0 atom stereocenters. The third-order valence-electron chi connectivity index (χ3n) is 13.6. The van der Waals surface area contributed by atoms with Gasteiger partial charge < -0.3 is 25.1 Å². The van der Waals surface area contributed by atoms with Gasteiger partial charge in [-0.25, -0.2) is 0 Å². The number of phenolic OH excluding ortho intramolecular Hbond substituents is 2. The second-order valence-corrected chi connectivity index (χ2v) is 21.0. The average Bonchev–Trinajstić information content (AvgIpc) is 3.62. The largest absolute Gasteiger partial charge is 2.00 e. The van der Waals surface area contributed by atoms with Crippen molar-refractivity contribution >= 4 is 0 Å². The van der Waals surface area contributed by atoms with Crippen molar-refractivity contribution in [2.24, 2.45) is 23.7 Å². The molecule has 0 heterocycles. The van der Waals surface area contributed by atoms with Gasteiger partial charge >= 0.3 is 21.7 Å².